The van der Waals surface area contributed by atoms with E-state index in [1.165, 1.54) is 19.9 Å². The maximum absolute atomic E-state index is 12.5. The van der Waals surface area contributed by atoms with Gasteiger partial charge in [-0.15, -0.1) is 0 Å². The van der Waals surface area contributed by atoms with Crippen molar-refractivity contribution in [1.29, 1.82) is 0 Å². The molecule has 1 aromatic carbocycles. The van der Waals surface area contributed by atoms with E-state index in [0.29, 0.717) is 24.0 Å². The van der Waals surface area contributed by atoms with Gasteiger partial charge < -0.3 is 9.15 Å². The van der Waals surface area contributed by atoms with E-state index in [0.717, 1.165) is 11.4 Å². The molecule has 172 valence electrons. The Hall–Kier alpha value is -4.17. The van der Waals surface area contributed by atoms with E-state index in [-0.39, 0.29) is 29.2 Å². The van der Waals surface area contributed by atoms with Crippen molar-refractivity contribution in [2.24, 2.45) is 0 Å². The number of nitrogens with zero attached hydrogens (tertiary/aromatic N) is 3. The standard InChI is InChI=1S/C26H23N3O5/c1-17(30)22-13-19-9-10-24(33-18(2)31)23(25(19)34-26(22)32)16-29(14-20-7-3-5-11-27-20)15-21-8-4-6-12-28-21/h3-13H,14-16H2,1-2H3. The summed E-state index contributed by atoms with van der Waals surface area (Å²) in [6.07, 6.45) is 3.44. The molecule has 0 spiro atoms. The van der Waals surface area contributed by atoms with E-state index >= 15 is 0 Å². The van der Waals surface area contributed by atoms with Gasteiger partial charge in [0.05, 0.1) is 17.0 Å². The van der Waals surface area contributed by atoms with E-state index in [4.69, 9.17) is 9.15 Å². The number of fused-ring (bicyclic) bond motifs is 1. The monoisotopic (exact) mass is 457 g/mol. The van der Waals surface area contributed by atoms with Gasteiger partial charge in [-0.25, -0.2) is 4.79 Å². The molecule has 0 N–H and O–H groups in total. The van der Waals surface area contributed by atoms with E-state index in [1.54, 1.807) is 24.5 Å². The van der Waals surface area contributed by atoms with Crippen LogP contribution in [-0.2, 0) is 24.4 Å². The minimum absolute atomic E-state index is 0.0301. The van der Waals surface area contributed by atoms with Gasteiger partial charge in [-0.1, -0.05) is 12.1 Å². The lowest BCUT2D eigenvalue weighted by Gasteiger charge is -2.23. The molecule has 4 rings (SSSR count). The zero-order chi connectivity index (χ0) is 24.1. The number of pyridine rings is 2. The van der Waals surface area contributed by atoms with E-state index in [9.17, 15) is 14.4 Å². The Labute approximate surface area is 195 Å². The van der Waals surface area contributed by atoms with Crippen LogP contribution >= 0.6 is 0 Å². The number of Topliss-reactive ketones (excluding diaryl/α,β-unsaturated/α-hetero) is 1. The molecule has 3 heterocycles. The highest BCUT2D eigenvalue weighted by Crippen LogP contribution is 2.30. The summed E-state index contributed by atoms with van der Waals surface area (Å²) >= 11 is 0. The first kappa shape index (κ1) is 23.0. The summed E-state index contributed by atoms with van der Waals surface area (Å²) in [7, 11) is 0. The smallest absolute Gasteiger partial charge is 0.347 e. The second-order valence-electron chi connectivity index (χ2n) is 7.85. The number of rotatable bonds is 8. The number of benzene rings is 1. The highest BCUT2D eigenvalue weighted by atomic mass is 16.5. The minimum Gasteiger partial charge on any atom is -0.426 e. The van der Waals surface area contributed by atoms with Crippen LogP contribution in [0.5, 0.6) is 5.75 Å². The number of esters is 1. The molecule has 0 atom stereocenters. The molecule has 0 aliphatic carbocycles. The van der Waals surface area contributed by atoms with Gasteiger partial charge in [0.2, 0.25) is 0 Å². The van der Waals surface area contributed by atoms with Crippen molar-refractivity contribution in [3.63, 3.8) is 0 Å². The molecule has 0 unspecified atom stereocenters. The van der Waals surface area contributed by atoms with Crippen LogP contribution in [-0.4, -0.2) is 26.6 Å². The van der Waals surface area contributed by atoms with Gasteiger partial charge in [-0.2, -0.15) is 0 Å². The molecule has 0 bridgehead atoms. The SMILES string of the molecule is CC(=O)Oc1ccc2cc(C(C)=O)c(=O)oc2c1CN(Cc1ccccn1)Cc1ccccn1. The Morgan fingerprint density at radius 3 is 2.09 bits per heavy atom. The predicted octanol–water partition coefficient (Wildman–Crippen LogP) is 3.91. The first-order valence-corrected chi connectivity index (χ1v) is 10.7. The number of aromatic nitrogens is 2. The maximum Gasteiger partial charge on any atom is 0.347 e. The Kier molecular flexibility index (Phi) is 6.89. The molecule has 34 heavy (non-hydrogen) atoms. The quantitative estimate of drug-likeness (QED) is 0.170. The highest BCUT2D eigenvalue weighted by Gasteiger charge is 2.20. The third-order valence-electron chi connectivity index (χ3n) is 5.20. The van der Waals surface area contributed by atoms with Crippen LogP contribution in [0.4, 0.5) is 0 Å². The summed E-state index contributed by atoms with van der Waals surface area (Å²) in [4.78, 5) is 47.0. The van der Waals surface area contributed by atoms with Gasteiger partial charge in [-0.3, -0.25) is 24.5 Å². The second-order valence-corrected chi connectivity index (χ2v) is 7.85. The van der Waals surface area contributed by atoms with Crippen LogP contribution in [0.15, 0.2) is 76.2 Å². The van der Waals surface area contributed by atoms with Crippen LogP contribution in [0.3, 0.4) is 0 Å². The van der Waals surface area contributed by atoms with Gasteiger partial charge in [-0.05, 0) is 49.4 Å². The summed E-state index contributed by atoms with van der Waals surface area (Å²) in [6, 6.07) is 16.2. The van der Waals surface area contributed by atoms with Gasteiger partial charge in [0, 0.05) is 44.3 Å². The molecule has 0 amide bonds. The van der Waals surface area contributed by atoms with Crippen LogP contribution < -0.4 is 10.4 Å². The van der Waals surface area contributed by atoms with Gasteiger partial charge in [0.15, 0.2) is 5.78 Å². The minimum atomic E-state index is -0.734. The Bertz CT molecular complexity index is 1340. The maximum atomic E-state index is 12.5. The van der Waals surface area contributed by atoms with Crippen LogP contribution in [0.2, 0.25) is 0 Å². The van der Waals surface area contributed by atoms with Crippen molar-refractivity contribution in [3.8, 4) is 5.75 Å². The van der Waals surface area contributed by atoms with Crippen LogP contribution in [0.25, 0.3) is 11.0 Å². The second kappa shape index (κ2) is 10.2. The summed E-state index contributed by atoms with van der Waals surface area (Å²) in [5.41, 5.74) is 1.70. The molecule has 0 aliphatic rings. The molecule has 8 heteroatoms. The van der Waals surface area contributed by atoms with Crippen molar-refractivity contribution < 1.29 is 18.7 Å². The molecule has 8 nitrogen and oxygen atoms in total. The Balaban J connectivity index is 1.81. The zero-order valence-electron chi connectivity index (χ0n) is 18.9. The molecule has 0 fully saturated rings. The van der Waals surface area contributed by atoms with Crippen molar-refractivity contribution in [1.82, 2.24) is 14.9 Å². The molecule has 0 saturated heterocycles. The predicted molar refractivity (Wildman–Crippen MR) is 125 cm³/mol. The van der Waals surface area contributed by atoms with E-state index < -0.39 is 11.6 Å². The third kappa shape index (κ3) is 5.41. The van der Waals surface area contributed by atoms with Crippen molar-refractivity contribution in [2.45, 2.75) is 33.5 Å². The number of carbonyl (C=O) groups excluding carboxylic acids is 2. The molecular weight excluding hydrogens is 434 g/mol. The normalized spacial score (nSPS) is 11.0. The Morgan fingerprint density at radius 2 is 1.56 bits per heavy atom. The van der Waals surface area contributed by atoms with Gasteiger partial charge in [0.25, 0.3) is 0 Å². The lowest BCUT2D eigenvalue weighted by atomic mass is 10.1. The fourth-order valence-corrected chi connectivity index (χ4v) is 3.70. The lowest BCUT2D eigenvalue weighted by Crippen LogP contribution is -2.24. The number of ether oxygens (including phenoxy) is 1. The van der Waals surface area contributed by atoms with Crippen molar-refractivity contribution in [3.05, 3.63) is 99.9 Å². The number of hydrogen-bond donors (Lipinski definition) is 0. The topological polar surface area (TPSA) is 103 Å². The van der Waals surface area contributed by atoms with Crippen molar-refractivity contribution in [2.75, 3.05) is 0 Å². The van der Waals surface area contributed by atoms with Gasteiger partial charge in [0.1, 0.15) is 16.9 Å². The molecule has 0 aliphatic heterocycles. The van der Waals surface area contributed by atoms with Crippen molar-refractivity contribution >= 4 is 22.7 Å². The third-order valence-corrected chi connectivity index (χ3v) is 5.20. The summed E-state index contributed by atoms with van der Waals surface area (Å²) in [5.74, 6) is -0.594. The fraction of sp³-hybridized carbons (Fsp3) is 0.192. The van der Waals surface area contributed by atoms with E-state index in [2.05, 4.69) is 14.9 Å². The Morgan fingerprint density at radius 1 is 0.912 bits per heavy atom. The summed E-state index contributed by atoms with van der Waals surface area (Å²) < 4.78 is 11.0. The fourth-order valence-electron chi connectivity index (χ4n) is 3.70. The van der Waals surface area contributed by atoms with E-state index in [1.807, 2.05) is 36.4 Å². The zero-order valence-corrected chi connectivity index (χ0v) is 18.9. The number of ketones is 1. The molecule has 3 aromatic heterocycles. The number of carbonyl (C=O) groups is 2. The van der Waals surface area contributed by atoms with Crippen LogP contribution in [0.1, 0.15) is 41.2 Å². The van der Waals surface area contributed by atoms with Crippen LogP contribution in [0, 0.1) is 0 Å². The average molecular weight is 457 g/mol. The molecule has 4 aromatic rings. The summed E-state index contributed by atoms with van der Waals surface area (Å²) in [5, 5.41) is 0.561. The first-order chi connectivity index (χ1) is 16.4. The average Bonchev–Trinajstić information content (AvgIpc) is 2.81. The van der Waals surface area contributed by atoms with Gasteiger partial charge >= 0.3 is 11.6 Å². The number of hydrogen-bond acceptors (Lipinski definition) is 8. The summed E-state index contributed by atoms with van der Waals surface area (Å²) in [6.45, 7) is 3.85. The molecular formula is C26H23N3O5. The molecule has 0 radical (unpaired) electrons. The molecule has 0 saturated carbocycles. The highest BCUT2D eigenvalue weighted by molar-refractivity contribution is 5.97. The lowest BCUT2D eigenvalue weighted by molar-refractivity contribution is -0.131. The largest absolute Gasteiger partial charge is 0.426 e. The first-order valence-electron chi connectivity index (χ1n) is 10.7.